The first-order chi connectivity index (χ1) is 8.14. The predicted molar refractivity (Wildman–Crippen MR) is 93.9 cm³/mol. The van der Waals surface area contributed by atoms with E-state index >= 15 is 0 Å². The molecule has 0 aromatic heterocycles. The molecule has 0 N–H and O–H groups in total. The molecular formula is C15H31IOSi. The molecule has 18 heavy (non-hydrogen) atoms. The SMILES string of the molecule is C/C(I)=C/[C@@H](C)CO[Si](C(C)C)(C(C)C)C(C)C. The fourth-order valence-corrected chi connectivity index (χ4v) is 9.38. The van der Waals surface area contributed by atoms with Crippen LogP contribution in [0.3, 0.4) is 0 Å². The van der Waals surface area contributed by atoms with Gasteiger partial charge in [-0.2, -0.15) is 0 Å². The number of halogens is 1. The first-order valence-electron chi connectivity index (χ1n) is 7.12. The van der Waals surface area contributed by atoms with Crippen molar-refractivity contribution < 1.29 is 4.43 Å². The second-order valence-corrected chi connectivity index (χ2v) is 13.5. The Labute approximate surface area is 129 Å². The Morgan fingerprint density at radius 2 is 1.39 bits per heavy atom. The highest BCUT2D eigenvalue weighted by Crippen LogP contribution is 2.42. The molecule has 0 rings (SSSR count). The predicted octanol–water partition coefficient (Wildman–Crippen LogP) is 6.15. The van der Waals surface area contributed by atoms with Gasteiger partial charge in [0.15, 0.2) is 8.32 Å². The van der Waals surface area contributed by atoms with Gasteiger partial charge in [0.2, 0.25) is 0 Å². The molecule has 3 heteroatoms. The lowest BCUT2D eigenvalue weighted by Gasteiger charge is -2.42. The van der Waals surface area contributed by atoms with E-state index in [4.69, 9.17) is 4.43 Å². The van der Waals surface area contributed by atoms with Crippen molar-refractivity contribution in [2.75, 3.05) is 6.61 Å². The molecule has 0 heterocycles. The molecular weight excluding hydrogens is 351 g/mol. The lowest BCUT2D eigenvalue weighted by Crippen LogP contribution is -2.48. The Balaban J connectivity index is 4.87. The van der Waals surface area contributed by atoms with Gasteiger partial charge in [0.1, 0.15) is 0 Å². The number of hydrogen-bond acceptors (Lipinski definition) is 1. The third kappa shape index (κ3) is 4.97. The quantitative estimate of drug-likeness (QED) is 0.379. The normalized spacial score (nSPS) is 15.9. The van der Waals surface area contributed by atoms with Crippen LogP contribution in [0.2, 0.25) is 16.6 Å². The third-order valence-corrected chi connectivity index (χ3v) is 10.3. The summed E-state index contributed by atoms with van der Waals surface area (Å²) in [5.41, 5.74) is 2.03. The summed E-state index contributed by atoms with van der Waals surface area (Å²) in [4.78, 5) is 0. The average molecular weight is 382 g/mol. The smallest absolute Gasteiger partial charge is 0.200 e. The molecule has 0 saturated carbocycles. The van der Waals surface area contributed by atoms with Crippen molar-refractivity contribution in [2.45, 2.75) is 72.0 Å². The monoisotopic (exact) mass is 382 g/mol. The Hall–Kier alpha value is 0.647. The number of allylic oxidation sites excluding steroid dienone is 1. The highest BCUT2D eigenvalue weighted by atomic mass is 127. The summed E-state index contributed by atoms with van der Waals surface area (Å²) < 4.78 is 7.92. The minimum atomic E-state index is -1.67. The summed E-state index contributed by atoms with van der Waals surface area (Å²) in [6.07, 6.45) is 2.31. The van der Waals surface area contributed by atoms with E-state index < -0.39 is 8.32 Å². The molecule has 0 aliphatic carbocycles. The molecule has 0 amide bonds. The molecule has 0 aromatic rings. The molecule has 0 aliphatic rings. The second kappa shape index (κ2) is 8.05. The maximum Gasteiger partial charge on any atom is 0.200 e. The topological polar surface area (TPSA) is 9.23 Å². The van der Waals surface area contributed by atoms with Crippen LogP contribution in [0.4, 0.5) is 0 Å². The Morgan fingerprint density at radius 3 is 1.67 bits per heavy atom. The first-order valence-corrected chi connectivity index (χ1v) is 10.3. The summed E-state index contributed by atoms with van der Waals surface area (Å²) in [7, 11) is -1.67. The maximum atomic E-state index is 6.57. The van der Waals surface area contributed by atoms with Crippen LogP contribution in [-0.4, -0.2) is 14.9 Å². The van der Waals surface area contributed by atoms with Gasteiger partial charge in [0.25, 0.3) is 0 Å². The van der Waals surface area contributed by atoms with Gasteiger partial charge in [0, 0.05) is 6.61 Å². The molecule has 0 spiro atoms. The van der Waals surface area contributed by atoms with Gasteiger partial charge in [0.05, 0.1) is 0 Å². The van der Waals surface area contributed by atoms with Crippen LogP contribution in [0, 0.1) is 5.92 Å². The number of hydrogen-bond donors (Lipinski definition) is 0. The molecule has 1 atom stereocenters. The van der Waals surface area contributed by atoms with Crippen molar-refractivity contribution in [3.8, 4) is 0 Å². The summed E-state index contributed by atoms with van der Waals surface area (Å²) >= 11 is 2.38. The van der Waals surface area contributed by atoms with Gasteiger partial charge in [-0.1, -0.05) is 54.5 Å². The van der Waals surface area contributed by atoms with Crippen LogP contribution in [0.25, 0.3) is 0 Å². The zero-order chi connectivity index (χ0) is 14.5. The molecule has 0 bridgehead atoms. The fourth-order valence-electron chi connectivity index (χ4n) is 3.22. The van der Waals surface area contributed by atoms with E-state index in [2.05, 4.69) is 84.1 Å². The van der Waals surface area contributed by atoms with E-state index in [-0.39, 0.29) is 0 Å². The van der Waals surface area contributed by atoms with Crippen LogP contribution in [-0.2, 0) is 4.43 Å². The van der Waals surface area contributed by atoms with Gasteiger partial charge >= 0.3 is 0 Å². The molecule has 0 fully saturated rings. The largest absolute Gasteiger partial charge is 0.415 e. The highest BCUT2D eigenvalue weighted by molar-refractivity contribution is 14.1. The van der Waals surface area contributed by atoms with E-state index in [1.165, 1.54) is 3.58 Å². The van der Waals surface area contributed by atoms with Gasteiger partial charge in [-0.05, 0) is 55.6 Å². The fraction of sp³-hybridized carbons (Fsp3) is 0.867. The molecule has 0 saturated heterocycles. The second-order valence-electron chi connectivity index (χ2n) is 6.36. The highest BCUT2D eigenvalue weighted by Gasteiger charge is 2.44. The van der Waals surface area contributed by atoms with Crippen molar-refractivity contribution in [1.82, 2.24) is 0 Å². The van der Waals surface area contributed by atoms with Crippen LogP contribution in [0.5, 0.6) is 0 Å². The van der Waals surface area contributed by atoms with Crippen molar-refractivity contribution in [2.24, 2.45) is 5.92 Å². The van der Waals surface area contributed by atoms with Crippen molar-refractivity contribution in [3.63, 3.8) is 0 Å². The van der Waals surface area contributed by atoms with Crippen molar-refractivity contribution in [1.29, 1.82) is 0 Å². The first kappa shape index (κ1) is 18.6. The van der Waals surface area contributed by atoms with E-state index in [9.17, 15) is 0 Å². The van der Waals surface area contributed by atoms with Crippen LogP contribution >= 0.6 is 22.6 Å². The summed E-state index contributed by atoms with van der Waals surface area (Å²) in [6.45, 7) is 19.3. The lowest BCUT2D eigenvalue weighted by atomic mass is 10.2. The molecule has 0 aliphatic heterocycles. The van der Waals surface area contributed by atoms with Crippen molar-refractivity contribution in [3.05, 3.63) is 9.66 Å². The van der Waals surface area contributed by atoms with Crippen molar-refractivity contribution >= 4 is 30.9 Å². The standard InChI is InChI=1S/C15H31IOSi/c1-11(2)18(12(3)4,13(5)6)17-10-14(7)9-15(8)16/h9,11-14H,10H2,1-8H3/b15-9-/t14-/m1/s1. The zero-order valence-electron chi connectivity index (χ0n) is 13.4. The lowest BCUT2D eigenvalue weighted by molar-refractivity contribution is 0.250. The third-order valence-electron chi connectivity index (χ3n) is 3.82. The van der Waals surface area contributed by atoms with E-state index in [1.54, 1.807) is 0 Å². The van der Waals surface area contributed by atoms with E-state index in [0.29, 0.717) is 22.5 Å². The van der Waals surface area contributed by atoms with Crippen LogP contribution in [0.15, 0.2) is 9.66 Å². The molecule has 0 aromatic carbocycles. The molecule has 0 radical (unpaired) electrons. The zero-order valence-corrected chi connectivity index (χ0v) is 16.5. The average Bonchev–Trinajstić information content (AvgIpc) is 2.15. The van der Waals surface area contributed by atoms with Gasteiger partial charge in [-0.25, -0.2) is 0 Å². The molecule has 1 nitrogen and oxygen atoms in total. The Bertz CT molecular complexity index is 246. The maximum absolute atomic E-state index is 6.57. The summed E-state index contributed by atoms with van der Waals surface area (Å²) in [6, 6.07) is 0. The molecule has 0 unspecified atom stereocenters. The Kier molecular flexibility index (Phi) is 8.34. The van der Waals surface area contributed by atoms with Crippen LogP contribution < -0.4 is 0 Å². The van der Waals surface area contributed by atoms with E-state index in [0.717, 1.165) is 6.61 Å². The minimum absolute atomic E-state index is 0.519. The van der Waals surface area contributed by atoms with Crippen LogP contribution in [0.1, 0.15) is 55.4 Å². The molecule has 108 valence electrons. The number of rotatable bonds is 7. The van der Waals surface area contributed by atoms with E-state index in [1.807, 2.05) is 0 Å². The Morgan fingerprint density at radius 1 is 1.00 bits per heavy atom. The van der Waals surface area contributed by atoms with Gasteiger partial charge < -0.3 is 4.43 Å². The van der Waals surface area contributed by atoms with Gasteiger partial charge in [-0.3, -0.25) is 0 Å². The summed E-state index contributed by atoms with van der Waals surface area (Å²) in [5, 5.41) is 0. The van der Waals surface area contributed by atoms with Gasteiger partial charge in [-0.15, -0.1) is 0 Å². The minimum Gasteiger partial charge on any atom is -0.415 e. The summed E-state index contributed by atoms with van der Waals surface area (Å²) in [5.74, 6) is 0.519.